The molecule has 2 saturated heterocycles. The molecule has 1 aromatic carbocycles. The summed E-state index contributed by atoms with van der Waals surface area (Å²) in [5, 5.41) is 9.03. The first kappa shape index (κ1) is 31.6. The Labute approximate surface area is 257 Å². The summed E-state index contributed by atoms with van der Waals surface area (Å²) in [6.45, 7) is 7.66. The molecule has 13 heteroatoms. The number of likely N-dealkylation sites (N-methyl/N-ethyl adjacent to an activating group) is 1. The molecule has 3 aromatic rings. The molecule has 0 unspecified atom stereocenters. The molecule has 3 N–H and O–H groups in total. The van der Waals surface area contributed by atoms with Gasteiger partial charge >= 0.3 is 6.09 Å². The van der Waals surface area contributed by atoms with E-state index < -0.39 is 30.3 Å². The lowest BCUT2D eigenvalue weighted by atomic mass is 10.1. The van der Waals surface area contributed by atoms with Crippen molar-refractivity contribution in [3.8, 4) is 0 Å². The molecule has 0 spiro atoms. The monoisotopic (exact) mass is 609 g/mol. The normalized spacial score (nSPS) is 22.1. The topological polar surface area (TPSA) is 151 Å². The molecular formula is C31H43N7O6. The number of ether oxygens (including phenoxy) is 4. The van der Waals surface area contributed by atoms with Crippen molar-refractivity contribution < 1.29 is 28.5 Å². The predicted molar refractivity (Wildman–Crippen MR) is 163 cm³/mol. The molecule has 0 aliphatic carbocycles. The zero-order valence-corrected chi connectivity index (χ0v) is 25.7. The average Bonchev–Trinajstić information content (AvgIpc) is 3.68. The van der Waals surface area contributed by atoms with Crippen molar-refractivity contribution in [3.05, 3.63) is 48.5 Å². The van der Waals surface area contributed by atoms with Gasteiger partial charge in [-0.25, -0.2) is 19.7 Å². The van der Waals surface area contributed by atoms with Crippen LogP contribution in [0, 0.1) is 0 Å². The number of rotatable bonds is 15. The highest BCUT2D eigenvalue weighted by molar-refractivity contribution is 5.83. The molecule has 2 aromatic heterocycles. The highest BCUT2D eigenvalue weighted by Crippen LogP contribution is 2.44. The average molecular weight is 610 g/mol. The number of carbonyl (C=O) groups excluding carboxylic acids is 2. The van der Waals surface area contributed by atoms with Gasteiger partial charge in [0, 0.05) is 19.6 Å². The lowest BCUT2D eigenvalue weighted by molar-refractivity contribution is -0.197. The van der Waals surface area contributed by atoms with Crippen molar-refractivity contribution >= 4 is 29.0 Å². The molecule has 238 valence electrons. The van der Waals surface area contributed by atoms with Gasteiger partial charge in [0.05, 0.1) is 6.33 Å². The van der Waals surface area contributed by atoms with Gasteiger partial charge in [-0.15, -0.1) is 0 Å². The van der Waals surface area contributed by atoms with E-state index >= 15 is 0 Å². The van der Waals surface area contributed by atoms with Crippen LogP contribution in [-0.4, -0.2) is 75.3 Å². The lowest BCUT2D eigenvalue weighted by Gasteiger charge is -2.24. The second kappa shape index (κ2) is 14.8. The lowest BCUT2D eigenvalue weighted by Crippen LogP contribution is -2.42. The second-order valence-electron chi connectivity index (χ2n) is 11.5. The number of unbranched alkanes of at least 4 members (excludes halogenated alkanes) is 5. The molecule has 2 fully saturated rings. The van der Waals surface area contributed by atoms with Crippen LogP contribution in [-0.2, 0) is 30.3 Å². The van der Waals surface area contributed by atoms with E-state index in [-0.39, 0.29) is 18.6 Å². The number of nitrogens with zero attached hydrogens (tertiary/aromatic N) is 4. The summed E-state index contributed by atoms with van der Waals surface area (Å²) in [4.78, 5) is 38.0. The number of imidazole rings is 1. The SMILES string of the molecule is CCNC(=O)[C@H]1O[C@@H](n2cnc3c(NCCCCCCCCNC(=O)OCc4ccccc4)ncnc32)[C@@H]2OC(C)(C)O[C@@H]21. The van der Waals surface area contributed by atoms with Gasteiger partial charge in [0.1, 0.15) is 25.1 Å². The van der Waals surface area contributed by atoms with Crippen molar-refractivity contribution in [3.63, 3.8) is 0 Å². The molecule has 0 saturated carbocycles. The van der Waals surface area contributed by atoms with Crippen molar-refractivity contribution in [1.82, 2.24) is 30.2 Å². The first-order chi connectivity index (χ1) is 21.4. The molecule has 0 radical (unpaired) electrons. The van der Waals surface area contributed by atoms with Gasteiger partial charge in [0.2, 0.25) is 0 Å². The van der Waals surface area contributed by atoms with Crippen LogP contribution in [0.1, 0.15) is 71.1 Å². The van der Waals surface area contributed by atoms with E-state index in [9.17, 15) is 9.59 Å². The number of benzene rings is 1. The molecule has 13 nitrogen and oxygen atoms in total. The minimum atomic E-state index is -0.840. The number of alkyl carbamates (subject to hydrolysis) is 1. The van der Waals surface area contributed by atoms with E-state index in [1.54, 1.807) is 10.9 Å². The number of hydrogen-bond donors (Lipinski definition) is 3. The van der Waals surface area contributed by atoms with Crippen LogP contribution in [0.3, 0.4) is 0 Å². The highest BCUT2D eigenvalue weighted by Gasteiger charge is 2.58. The number of carbonyl (C=O) groups is 2. The maximum Gasteiger partial charge on any atom is 0.407 e. The van der Waals surface area contributed by atoms with Gasteiger partial charge in [-0.05, 0) is 39.2 Å². The Morgan fingerprint density at radius 3 is 2.43 bits per heavy atom. The Balaban J connectivity index is 1.02. The summed E-state index contributed by atoms with van der Waals surface area (Å²) in [6, 6.07) is 9.64. The summed E-state index contributed by atoms with van der Waals surface area (Å²) >= 11 is 0. The third kappa shape index (κ3) is 7.82. The standard InChI is InChI=1S/C31H43N7O6/c1-4-32-28(39)24-23-25(44-31(2,3)43-23)29(42-24)38-20-37-22-26(35-19-36-27(22)38)33-16-12-7-5-6-8-13-17-34-30(40)41-18-21-14-10-9-11-15-21/h9-11,14-15,19-20,23-25,29H,4-8,12-13,16-18H2,1-3H3,(H,32,39)(H,34,40)(H,33,35,36)/t23-,24+,25-,29-/m1/s1. The Kier molecular flexibility index (Phi) is 10.6. The van der Waals surface area contributed by atoms with Crippen molar-refractivity contribution in [2.75, 3.05) is 25.0 Å². The Hall–Kier alpha value is -3.81. The number of nitrogens with one attached hydrogen (secondary N) is 3. The van der Waals surface area contributed by atoms with Crippen LogP contribution in [0.15, 0.2) is 43.0 Å². The number of hydrogen-bond acceptors (Lipinski definition) is 10. The largest absolute Gasteiger partial charge is 0.445 e. The molecule has 44 heavy (non-hydrogen) atoms. The van der Waals surface area contributed by atoms with Crippen LogP contribution < -0.4 is 16.0 Å². The summed E-state index contributed by atoms with van der Waals surface area (Å²) in [6.07, 6.45) is 6.55. The number of anilines is 1. The van der Waals surface area contributed by atoms with Gasteiger partial charge < -0.3 is 34.9 Å². The second-order valence-corrected chi connectivity index (χ2v) is 11.5. The van der Waals surface area contributed by atoms with Crippen LogP contribution in [0.5, 0.6) is 0 Å². The zero-order valence-electron chi connectivity index (χ0n) is 25.7. The van der Waals surface area contributed by atoms with E-state index in [2.05, 4.69) is 30.9 Å². The van der Waals surface area contributed by atoms with E-state index in [0.717, 1.165) is 50.6 Å². The smallest absolute Gasteiger partial charge is 0.407 e. The van der Waals surface area contributed by atoms with Crippen LogP contribution in [0.2, 0.25) is 0 Å². The van der Waals surface area contributed by atoms with Gasteiger partial charge in [0.15, 0.2) is 35.1 Å². The summed E-state index contributed by atoms with van der Waals surface area (Å²) < 4.78 is 25.4. The molecule has 5 rings (SSSR count). The highest BCUT2D eigenvalue weighted by atomic mass is 16.8. The molecule has 2 aliphatic rings. The van der Waals surface area contributed by atoms with Gasteiger partial charge in [-0.2, -0.15) is 0 Å². The molecule has 2 aliphatic heterocycles. The fourth-order valence-corrected chi connectivity index (χ4v) is 5.58. The summed E-state index contributed by atoms with van der Waals surface area (Å²) in [5.41, 5.74) is 2.19. The first-order valence-electron chi connectivity index (χ1n) is 15.5. The molecule has 4 heterocycles. The number of amides is 2. The Morgan fingerprint density at radius 2 is 1.66 bits per heavy atom. The molecule has 0 bridgehead atoms. The quantitative estimate of drug-likeness (QED) is 0.215. The van der Waals surface area contributed by atoms with E-state index in [0.29, 0.717) is 30.1 Å². The van der Waals surface area contributed by atoms with Crippen LogP contribution >= 0.6 is 0 Å². The fraction of sp³-hybridized carbons (Fsp3) is 0.581. The Morgan fingerprint density at radius 1 is 0.932 bits per heavy atom. The van der Waals surface area contributed by atoms with Crippen molar-refractivity contribution in [2.45, 2.75) is 96.2 Å². The molecular weight excluding hydrogens is 566 g/mol. The van der Waals surface area contributed by atoms with Crippen LogP contribution in [0.4, 0.5) is 10.6 Å². The summed E-state index contributed by atoms with van der Waals surface area (Å²) in [5.74, 6) is -0.422. The zero-order chi connectivity index (χ0) is 30.9. The predicted octanol–water partition coefficient (Wildman–Crippen LogP) is 4.06. The number of fused-ring (bicyclic) bond motifs is 2. The Bertz CT molecular complexity index is 1380. The van der Waals surface area contributed by atoms with Crippen LogP contribution in [0.25, 0.3) is 11.2 Å². The summed E-state index contributed by atoms with van der Waals surface area (Å²) in [7, 11) is 0. The minimum absolute atomic E-state index is 0.233. The van der Waals surface area contributed by atoms with E-state index in [1.807, 2.05) is 51.1 Å². The van der Waals surface area contributed by atoms with Gasteiger partial charge in [-0.3, -0.25) is 9.36 Å². The van der Waals surface area contributed by atoms with E-state index in [1.165, 1.54) is 6.33 Å². The van der Waals surface area contributed by atoms with E-state index in [4.69, 9.17) is 18.9 Å². The fourth-order valence-electron chi connectivity index (χ4n) is 5.58. The molecule has 4 atom stereocenters. The molecule has 2 amide bonds. The third-order valence-electron chi connectivity index (χ3n) is 7.65. The van der Waals surface area contributed by atoms with Gasteiger partial charge in [0.25, 0.3) is 5.91 Å². The third-order valence-corrected chi connectivity index (χ3v) is 7.65. The van der Waals surface area contributed by atoms with Crippen molar-refractivity contribution in [1.29, 1.82) is 0 Å². The maximum absolute atomic E-state index is 12.7. The van der Waals surface area contributed by atoms with Gasteiger partial charge in [-0.1, -0.05) is 56.0 Å². The first-order valence-corrected chi connectivity index (χ1v) is 15.5. The minimum Gasteiger partial charge on any atom is -0.445 e. The maximum atomic E-state index is 12.7. The van der Waals surface area contributed by atoms with Crippen molar-refractivity contribution in [2.24, 2.45) is 0 Å². The number of aromatic nitrogens is 4.